The van der Waals surface area contributed by atoms with Crippen LogP contribution in [0.25, 0.3) is 59.5 Å². The molecule has 6 nitrogen and oxygen atoms in total. The predicted octanol–water partition coefficient (Wildman–Crippen LogP) is 13.2. The van der Waals surface area contributed by atoms with Crippen LogP contribution in [-0.2, 0) is 0 Å². The zero-order valence-electron chi connectivity index (χ0n) is 31.3. The molecule has 0 radical (unpaired) electrons. The largest absolute Gasteiger partial charge is 0.456 e. The van der Waals surface area contributed by atoms with Gasteiger partial charge in [0.1, 0.15) is 22.3 Å². The molecule has 57 heavy (non-hydrogen) atoms. The molecule has 0 aliphatic carbocycles. The zero-order chi connectivity index (χ0) is 38.6. The van der Waals surface area contributed by atoms with Crippen LogP contribution in [-0.4, -0.2) is 9.52 Å². The van der Waals surface area contributed by atoms with Gasteiger partial charge in [0.2, 0.25) is 0 Å². The average Bonchev–Trinajstić information content (AvgIpc) is 3.79. The van der Waals surface area contributed by atoms with Crippen molar-refractivity contribution in [2.24, 2.45) is 0 Å². The fourth-order valence-corrected chi connectivity index (χ4v) is 8.59. The zero-order valence-corrected chi connectivity index (χ0v) is 32.7. The first-order chi connectivity index (χ1) is 28.0. The van der Waals surface area contributed by atoms with Crippen LogP contribution in [0.1, 0.15) is 11.1 Å². The highest BCUT2D eigenvalue weighted by Gasteiger charge is 2.19. The number of hydrogen-bond donors (Lipinski definition) is 0. The van der Waals surface area contributed by atoms with E-state index in [1.807, 2.05) is 48.5 Å². The van der Waals surface area contributed by atoms with Gasteiger partial charge in [0, 0.05) is 67.8 Å². The molecule has 7 heteroatoms. The topological polar surface area (TPSA) is 60.9 Å². The van der Waals surface area contributed by atoms with Gasteiger partial charge < -0.3 is 18.6 Å². The van der Waals surface area contributed by atoms with Gasteiger partial charge in [-0.1, -0.05) is 53.7 Å². The highest BCUT2D eigenvalue weighted by molar-refractivity contribution is 6.51. The summed E-state index contributed by atoms with van der Waals surface area (Å²) in [5.41, 5.74) is 11.6. The van der Waals surface area contributed by atoms with Crippen molar-refractivity contribution in [2.75, 3.05) is 9.80 Å². The van der Waals surface area contributed by atoms with E-state index in [1.165, 1.54) is 10.8 Å². The minimum Gasteiger partial charge on any atom is -0.456 e. The van der Waals surface area contributed by atoms with Crippen LogP contribution in [0.4, 0.5) is 39.8 Å². The Bertz CT molecular complexity index is 3240. The molecule has 0 amide bonds. The summed E-state index contributed by atoms with van der Waals surface area (Å²) in [4.78, 5) is 7.99. The van der Waals surface area contributed by atoms with Crippen LogP contribution in [0, 0.1) is 24.8 Å². The first kappa shape index (κ1) is 33.9. The Labute approximate surface area is 331 Å². The molecule has 0 unspecified atom stereocenters. The molecule has 0 atom stereocenters. The molecule has 270 valence electrons. The van der Waals surface area contributed by atoms with Crippen LogP contribution in [0.5, 0.6) is 0 Å². The first-order valence-electron chi connectivity index (χ1n) is 19.0. The minimum absolute atomic E-state index is 0.272. The molecule has 2 aromatic heterocycles. The third kappa shape index (κ3) is 5.95. The standard InChI is InChI=1S/C50H34N4O2Si/c1-31-4-10-36(11-5-31)53(38-14-8-35(52-2)9-15-38)40-18-22-43-45-24-33-25-46-44-23-19-41(29-50(44)56-48(46)27-34(33)26-47(45)55-49(43)28-40)54(37-12-6-32(30-51)7-13-37)39-16-20-42(57-3)21-17-39/h4-29H,57H2,1,3H3. The average molecular weight is 751 g/mol. The summed E-state index contributed by atoms with van der Waals surface area (Å²) in [5.74, 6) is 0. The van der Waals surface area contributed by atoms with Gasteiger partial charge in [-0.25, -0.2) is 4.85 Å². The smallest absolute Gasteiger partial charge is 0.187 e. The van der Waals surface area contributed by atoms with E-state index < -0.39 is 0 Å². The number of rotatable bonds is 7. The van der Waals surface area contributed by atoms with E-state index in [-0.39, 0.29) is 9.52 Å². The van der Waals surface area contributed by atoms with Crippen LogP contribution < -0.4 is 15.0 Å². The van der Waals surface area contributed by atoms with Gasteiger partial charge in [-0.3, -0.25) is 0 Å². The predicted molar refractivity (Wildman–Crippen MR) is 238 cm³/mol. The van der Waals surface area contributed by atoms with E-state index in [0.29, 0.717) is 11.3 Å². The fourth-order valence-electron chi connectivity index (χ4n) is 7.88. The summed E-state index contributed by atoms with van der Waals surface area (Å²) < 4.78 is 13.2. The van der Waals surface area contributed by atoms with Crippen LogP contribution in [0.15, 0.2) is 167 Å². The van der Waals surface area contributed by atoms with Gasteiger partial charge in [-0.2, -0.15) is 5.26 Å². The number of benzene rings is 8. The Hall–Kier alpha value is -7.58. The monoisotopic (exact) mass is 750 g/mol. The van der Waals surface area contributed by atoms with Crippen molar-refractivity contribution >= 4 is 109 Å². The third-order valence-electron chi connectivity index (χ3n) is 10.9. The van der Waals surface area contributed by atoms with Gasteiger partial charge in [-0.15, -0.1) is 0 Å². The van der Waals surface area contributed by atoms with Gasteiger partial charge in [-0.05, 0) is 127 Å². The van der Waals surface area contributed by atoms with Gasteiger partial charge >= 0.3 is 0 Å². The molecule has 0 aliphatic heterocycles. The molecule has 0 saturated carbocycles. The Balaban J connectivity index is 1.05. The molecule has 10 rings (SSSR count). The normalized spacial score (nSPS) is 11.6. The van der Waals surface area contributed by atoms with Crippen molar-refractivity contribution < 1.29 is 8.83 Å². The molecule has 0 saturated heterocycles. The SMILES string of the molecule is [C-]#[N+]c1ccc(N(c2ccc(C)cc2)c2ccc3c(c2)oc2cc4cc5oc6cc(N(c7ccc(C#N)cc7)c7ccc([SiH2]C)cc7)ccc6c5cc4cc23)cc1. The highest BCUT2D eigenvalue weighted by Crippen LogP contribution is 2.42. The maximum Gasteiger partial charge on any atom is 0.187 e. The maximum absolute atomic E-state index is 9.44. The molecular formula is C50H34N4O2Si. The molecule has 8 aromatic carbocycles. The highest BCUT2D eigenvalue weighted by atomic mass is 28.2. The third-order valence-corrected chi connectivity index (χ3v) is 12.2. The Morgan fingerprint density at radius 1 is 0.509 bits per heavy atom. The molecule has 0 bridgehead atoms. The number of aryl methyl sites for hydroxylation is 1. The second-order valence-electron chi connectivity index (χ2n) is 14.4. The summed E-state index contributed by atoms with van der Waals surface area (Å²) in [6.45, 7) is 11.8. The quantitative estimate of drug-likeness (QED) is 0.120. The molecule has 10 aromatic rings. The number of fused-ring (bicyclic) bond motifs is 7. The maximum atomic E-state index is 9.44. The van der Waals surface area contributed by atoms with Crippen LogP contribution in [0.3, 0.4) is 0 Å². The fraction of sp³-hybridized carbons (Fsp3) is 0.0400. The van der Waals surface area contributed by atoms with Crippen molar-refractivity contribution in [3.8, 4) is 6.07 Å². The van der Waals surface area contributed by atoms with Gasteiger partial charge in [0.15, 0.2) is 5.69 Å². The van der Waals surface area contributed by atoms with Crippen molar-refractivity contribution in [1.29, 1.82) is 5.26 Å². The van der Waals surface area contributed by atoms with Crippen molar-refractivity contribution in [3.63, 3.8) is 0 Å². The van der Waals surface area contributed by atoms with E-state index >= 15 is 0 Å². The lowest BCUT2D eigenvalue weighted by molar-refractivity contribution is 0.668. The lowest BCUT2D eigenvalue weighted by Crippen LogP contribution is -2.13. The van der Waals surface area contributed by atoms with Crippen molar-refractivity contribution in [2.45, 2.75) is 13.5 Å². The Morgan fingerprint density at radius 3 is 1.40 bits per heavy atom. The summed E-state index contributed by atoms with van der Waals surface area (Å²) in [5, 5.41) is 17.2. The number of nitrogens with zero attached hydrogens (tertiary/aromatic N) is 4. The second kappa shape index (κ2) is 13.6. The van der Waals surface area contributed by atoms with E-state index in [2.05, 4.69) is 143 Å². The molecule has 0 spiro atoms. The molecule has 0 aliphatic rings. The summed E-state index contributed by atoms with van der Waals surface area (Å²) in [7, 11) is -0.272. The number of furan rings is 2. The lowest BCUT2D eigenvalue weighted by Gasteiger charge is -2.25. The van der Waals surface area contributed by atoms with Gasteiger partial charge in [0.25, 0.3) is 0 Å². The van der Waals surface area contributed by atoms with Crippen LogP contribution in [0.2, 0.25) is 6.55 Å². The van der Waals surface area contributed by atoms with E-state index in [1.54, 1.807) is 0 Å². The molecule has 0 fully saturated rings. The van der Waals surface area contributed by atoms with E-state index in [0.717, 1.165) is 88.8 Å². The summed E-state index contributed by atoms with van der Waals surface area (Å²) in [6, 6.07) is 56.3. The first-order valence-corrected chi connectivity index (χ1v) is 21.1. The van der Waals surface area contributed by atoms with Gasteiger partial charge in [0.05, 0.1) is 27.7 Å². The number of anilines is 6. The number of hydrogen-bond acceptors (Lipinski definition) is 5. The molecular weight excluding hydrogens is 717 g/mol. The van der Waals surface area contributed by atoms with E-state index in [4.69, 9.17) is 15.4 Å². The van der Waals surface area contributed by atoms with Crippen molar-refractivity contribution in [1.82, 2.24) is 0 Å². The Kier molecular flexibility index (Phi) is 8.11. The summed E-state index contributed by atoms with van der Waals surface area (Å²) >= 11 is 0. The second-order valence-corrected chi connectivity index (χ2v) is 15.9. The number of nitriles is 1. The van der Waals surface area contributed by atoms with Crippen molar-refractivity contribution in [3.05, 3.63) is 180 Å². The minimum atomic E-state index is -0.272. The van der Waals surface area contributed by atoms with Crippen LogP contribution >= 0.6 is 0 Å². The molecule has 0 N–H and O–H groups in total. The summed E-state index contributed by atoms with van der Waals surface area (Å²) in [6.07, 6.45) is 0. The Morgan fingerprint density at radius 2 is 0.930 bits per heavy atom. The molecule has 2 heterocycles. The van der Waals surface area contributed by atoms with E-state index in [9.17, 15) is 5.26 Å². The lowest BCUT2D eigenvalue weighted by atomic mass is 10.0.